The number of benzene rings is 3. The van der Waals surface area contributed by atoms with Gasteiger partial charge >= 0.3 is 0 Å². The molecular weight excluding hydrogens is 658 g/mol. The third-order valence-electron chi connectivity index (χ3n) is 9.94. The summed E-state index contributed by atoms with van der Waals surface area (Å²) in [6.45, 7) is 10.5. The first-order valence-electron chi connectivity index (χ1n) is 16.4. The molecule has 2 bridgehead atoms. The summed E-state index contributed by atoms with van der Waals surface area (Å²) in [7, 11) is 0. The molecule has 0 saturated carbocycles. The van der Waals surface area contributed by atoms with Gasteiger partial charge in [0.25, 0.3) is 5.91 Å². The second kappa shape index (κ2) is 13.7. The average Bonchev–Trinajstić information content (AvgIpc) is 3.68. The van der Waals surface area contributed by atoms with Gasteiger partial charge in [0.1, 0.15) is 11.6 Å². The number of carbonyl (C=O) groups is 3. The molecule has 3 aliphatic rings. The van der Waals surface area contributed by atoms with E-state index in [0.29, 0.717) is 31.6 Å². The predicted molar refractivity (Wildman–Crippen MR) is 187 cm³/mol. The fourth-order valence-electron chi connectivity index (χ4n) is 8.03. The molecule has 47 heavy (non-hydrogen) atoms. The summed E-state index contributed by atoms with van der Waals surface area (Å²) in [4.78, 5) is 49.0. The molecule has 0 radical (unpaired) electrons. The number of anilines is 1. The van der Waals surface area contributed by atoms with E-state index in [2.05, 4.69) is 29.1 Å². The molecule has 246 valence electrons. The van der Waals surface area contributed by atoms with Crippen molar-refractivity contribution in [2.45, 2.75) is 54.8 Å². The summed E-state index contributed by atoms with van der Waals surface area (Å²) in [6, 6.07) is 21.6. The first-order valence-corrected chi connectivity index (χ1v) is 17.3. The summed E-state index contributed by atoms with van der Waals surface area (Å²) in [5, 5.41) is 12.9. The Labute approximate surface area is 284 Å². The van der Waals surface area contributed by atoms with Gasteiger partial charge in [-0.2, -0.15) is 0 Å². The van der Waals surface area contributed by atoms with E-state index in [0.717, 1.165) is 22.8 Å². The van der Waals surface area contributed by atoms with E-state index in [1.54, 1.807) is 26.9 Å². The maximum atomic E-state index is 15.1. The predicted octanol–water partition coefficient (Wildman–Crippen LogP) is 5.14. The summed E-state index contributed by atoms with van der Waals surface area (Å²) < 4.78 is 6.81. The molecule has 7 atom stereocenters. The van der Waals surface area contributed by atoms with Crippen molar-refractivity contribution in [3.8, 4) is 0 Å². The summed E-state index contributed by atoms with van der Waals surface area (Å²) in [5.41, 5.74) is 0.328. The van der Waals surface area contributed by atoms with Gasteiger partial charge in [-0.25, -0.2) is 0 Å². The van der Waals surface area contributed by atoms with Crippen LogP contribution in [0.2, 0.25) is 0 Å². The van der Waals surface area contributed by atoms with Gasteiger partial charge < -0.3 is 24.5 Å². The van der Waals surface area contributed by atoms with Gasteiger partial charge in [0, 0.05) is 30.1 Å². The minimum absolute atomic E-state index is 0.171. The van der Waals surface area contributed by atoms with Crippen molar-refractivity contribution in [3.63, 3.8) is 0 Å². The topological polar surface area (TPSA) is 90.4 Å². The Balaban J connectivity index is 1.47. The zero-order valence-electron chi connectivity index (χ0n) is 26.7. The van der Waals surface area contributed by atoms with Crippen LogP contribution in [-0.4, -0.2) is 87.5 Å². The number of nitrogens with zero attached hydrogens (tertiary/aromatic N) is 3. The third kappa shape index (κ3) is 5.72. The Morgan fingerprint density at radius 1 is 1.04 bits per heavy atom. The lowest BCUT2D eigenvalue weighted by atomic mass is 9.70. The standard InChI is InChI=1S/C38H42BrN3O5/c1-4-18-40(19-5-2)35(44)31-32-36(45)42(29(24-43)21-25-12-8-7-9-13-25)34(38(32)23-30(39)33(31)47-38)37(46)41(20-6-3)28-17-16-26-14-10-11-15-27(26)22-28/h4,6-17,22,29-34,43H,1,3,5,18-21,23-24H2,2H3/t29-,30?,31-,32+,33-,34?,38?/m1/s1. The number of aliphatic hydroxyl groups excluding tert-OH is 1. The fraction of sp³-hybridized carbons (Fsp3) is 0.395. The molecule has 3 amide bonds. The highest BCUT2D eigenvalue weighted by Crippen LogP contribution is 2.61. The van der Waals surface area contributed by atoms with Crippen LogP contribution in [0.15, 0.2) is 98.1 Å². The zero-order chi connectivity index (χ0) is 33.3. The van der Waals surface area contributed by atoms with Crippen LogP contribution in [0.3, 0.4) is 0 Å². The Morgan fingerprint density at radius 3 is 2.43 bits per heavy atom. The minimum atomic E-state index is -1.26. The highest BCUT2D eigenvalue weighted by atomic mass is 79.9. The number of halogens is 1. The first kappa shape index (κ1) is 33.1. The molecule has 3 saturated heterocycles. The number of likely N-dealkylation sites (tertiary alicyclic amines) is 1. The number of hydrogen-bond donors (Lipinski definition) is 1. The molecule has 8 nitrogen and oxygen atoms in total. The summed E-state index contributed by atoms with van der Waals surface area (Å²) >= 11 is 3.79. The van der Waals surface area contributed by atoms with Gasteiger partial charge in [-0.3, -0.25) is 14.4 Å². The van der Waals surface area contributed by atoms with Gasteiger partial charge in [0.15, 0.2) is 0 Å². The minimum Gasteiger partial charge on any atom is -0.394 e. The molecular formula is C38H42BrN3O5. The maximum absolute atomic E-state index is 15.1. The normalized spacial score (nSPS) is 26.7. The molecule has 0 aromatic heterocycles. The van der Waals surface area contributed by atoms with Crippen LogP contribution < -0.4 is 4.90 Å². The SMILES string of the molecule is C=CCN(CCC)C(=O)[C@H]1[C@@H]2OC3(CC2Br)C(C(=O)N(CC=C)c2ccc4ccccc4c2)N([C@@H](CO)Cc2ccccc2)C(=O)[C@H]13. The van der Waals surface area contributed by atoms with Crippen molar-refractivity contribution in [1.29, 1.82) is 0 Å². The molecule has 3 heterocycles. The van der Waals surface area contributed by atoms with E-state index in [1.807, 2.05) is 79.7 Å². The van der Waals surface area contributed by atoms with Crippen molar-refractivity contribution >= 4 is 50.1 Å². The highest BCUT2D eigenvalue weighted by Gasteiger charge is 2.77. The number of alkyl halides is 1. The van der Waals surface area contributed by atoms with Crippen LogP contribution in [0.4, 0.5) is 5.69 Å². The first-order chi connectivity index (χ1) is 22.8. The molecule has 0 aliphatic carbocycles. The van der Waals surface area contributed by atoms with Gasteiger partial charge in [0.2, 0.25) is 11.8 Å². The molecule has 3 aromatic carbocycles. The lowest BCUT2D eigenvalue weighted by molar-refractivity contribution is -0.147. The van der Waals surface area contributed by atoms with E-state index in [1.165, 1.54) is 0 Å². The van der Waals surface area contributed by atoms with E-state index in [-0.39, 0.29) is 35.7 Å². The van der Waals surface area contributed by atoms with E-state index < -0.39 is 35.6 Å². The smallest absolute Gasteiger partial charge is 0.253 e. The van der Waals surface area contributed by atoms with Gasteiger partial charge in [0.05, 0.1) is 30.6 Å². The Hall–Kier alpha value is -3.79. The average molecular weight is 701 g/mol. The Morgan fingerprint density at radius 2 is 1.74 bits per heavy atom. The maximum Gasteiger partial charge on any atom is 0.253 e. The Bertz CT molecular complexity index is 1670. The molecule has 1 N–H and O–H groups in total. The lowest BCUT2D eigenvalue weighted by Crippen LogP contribution is -2.59. The second-order valence-electron chi connectivity index (χ2n) is 12.8. The van der Waals surface area contributed by atoms with Crippen LogP contribution in [0.5, 0.6) is 0 Å². The highest BCUT2D eigenvalue weighted by molar-refractivity contribution is 9.09. The summed E-state index contributed by atoms with van der Waals surface area (Å²) in [6.07, 6.45) is 4.25. The van der Waals surface area contributed by atoms with E-state index in [9.17, 15) is 14.7 Å². The number of hydrogen-bond acceptors (Lipinski definition) is 5. The number of fused-ring (bicyclic) bond motifs is 2. The van der Waals surface area contributed by atoms with E-state index in [4.69, 9.17) is 4.74 Å². The van der Waals surface area contributed by atoms with Gasteiger partial charge in [-0.05, 0) is 47.7 Å². The second-order valence-corrected chi connectivity index (χ2v) is 14.0. The van der Waals surface area contributed by atoms with Crippen molar-refractivity contribution in [3.05, 3.63) is 104 Å². The third-order valence-corrected chi connectivity index (χ3v) is 10.8. The van der Waals surface area contributed by atoms with Crippen molar-refractivity contribution in [2.75, 3.05) is 31.1 Å². The van der Waals surface area contributed by atoms with Crippen molar-refractivity contribution < 1.29 is 24.2 Å². The molecule has 1 spiro atoms. The van der Waals surface area contributed by atoms with Crippen LogP contribution in [0, 0.1) is 11.8 Å². The molecule has 3 fully saturated rings. The number of carbonyl (C=O) groups excluding carboxylic acids is 3. The zero-order valence-corrected chi connectivity index (χ0v) is 28.3. The van der Waals surface area contributed by atoms with Crippen molar-refractivity contribution in [2.24, 2.45) is 11.8 Å². The van der Waals surface area contributed by atoms with Crippen LogP contribution >= 0.6 is 15.9 Å². The molecule has 3 unspecified atom stereocenters. The Kier molecular flexibility index (Phi) is 9.69. The van der Waals surface area contributed by atoms with E-state index >= 15 is 4.79 Å². The van der Waals surface area contributed by atoms with Crippen LogP contribution in [0.25, 0.3) is 10.8 Å². The molecule has 3 aromatic rings. The number of rotatable bonds is 13. The van der Waals surface area contributed by atoms with Gasteiger partial charge in [-0.15, -0.1) is 13.2 Å². The molecule has 6 rings (SSSR count). The largest absolute Gasteiger partial charge is 0.394 e. The van der Waals surface area contributed by atoms with Crippen LogP contribution in [-0.2, 0) is 25.5 Å². The van der Waals surface area contributed by atoms with Crippen LogP contribution in [0.1, 0.15) is 25.3 Å². The number of ether oxygens (including phenoxy) is 1. The quantitative estimate of drug-likeness (QED) is 0.197. The monoisotopic (exact) mass is 699 g/mol. The molecule has 3 aliphatic heterocycles. The lowest BCUT2D eigenvalue weighted by Gasteiger charge is -2.39. The number of aliphatic hydroxyl groups is 1. The molecule has 9 heteroatoms. The fourth-order valence-corrected chi connectivity index (χ4v) is 8.97. The number of amides is 3. The van der Waals surface area contributed by atoms with Gasteiger partial charge in [-0.1, -0.05) is 95.7 Å². The van der Waals surface area contributed by atoms with Crippen molar-refractivity contribution in [1.82, 2.24) is 9.80 Å². The summed E-state index contributed by atoms with van der Waals surface area (Å²) in [5.74, 6) is -2.48.